The molecule has 1 aromatic carbocycles. The molecule has 0 radical (unpaired) electrons. The van der Waals surface area contributed by atoms with Crippen molar-refractivity contribution < 1.29 is 9.53 Å². The van der Waals surface area contributed by atoms with Gasteiger partial charge in [0.2, 0.25) is 5.91 Å². The number of benzene rings is 1. The Morgan fingerprint density at radius 3 is 2.58 bits per heavy atom. The average Bonchev–Trinajstić information content (AvgIpc) is 2.97. The van der Waals surface area contributed by atoms with E-state index in [2.05, 4.69) is 33.9 Å². The average molecular weight is 348 g/mol. The molecular formula is C17H24N4O2S. The van der Waals surface area contributed by atoms with Crippen molar-refractivity contribution in [1.82, 2.24) is 14.8 Å². The van der Waals surface area contributed by atoms with Crippen LogP contribution in [0.1, 0.15) is 33.0 Å². The normalized spacial score (nSPS) is 10.6. The lowest BCUT2D eigenvalue weighted by molar-refractivity contribution is -0.113. The molecule has 6 nitrogen and oxygen atoms in total. The number of amides is 1. The fraction of sp³-hybridized carbons (Fsp3) is 0.471. The second kappa shape index (κ2) is 9.32. The van der Waals surface area contributed by atoms with E-state index in [1.165, 1.54) is 11.8 Å². The smallest absolute Gasteiger partial charge is 0.234 e. The van der Waals surface area contributed by atoms with Crippen LogP contribution in [0, 0.1) is 0 Å². The van der Waals surface area contributed by atoms with E-state index in [1.54, 1.807) is 0 Å². The molecule has 0 bridgehead atoms. The first-order valence-corrected chi connectivity index (χ1v) is 9.24. The first-order chi connectivity index (χ1) is 11.7. The number of thioether (sulfide) groups is 1. The van der Waals surface area contributed by atoms with Gasteiger partial charge >= 0.3 is 0 Å². The van der Waals surface area contributed by atoms with Gasteiger partial charge in [-0.1, -0.05) is 18.7 Å². The van der Waals surface area contributed by atoms with E-state index in [0.717, 1.165) is 41.8 Å². The zero-order chi connectivity index (χ0) is 17.4. The van der Waals surface area contributed by atoms with Crippen LogP contribution in [-0.2, 0) is 17.8 Å². The molecule has 0 saturated heterocycles. The number of aryl methyl sites for hydroxylation is 1. The maximum atomic E-state index is 12.1. The Bertz CT molecular complexity index is 655. The third kappa shape index (κ3) is 4.99. The van der Waals surface area contributed by atoms with Gasteiger partial charge in [-0.05, 0) is 44.5 Å². The molecule has 1 amide bonds. The van der Waals surface area contributed by atoms with Crippen molar-refractivity contribution in [3.05, 3.63) is 30.1 Å². The van der Waals surface area contributed by atoms with Crippen LogP contribution in [-0.4, -0.2) is 33.0 Å². The Balaban J connectivity index is 1.89. The van der Waals surface area contributed by atoms with Gasteiger partial charge in [-0.25, -0.2) is 0 Å². The van der Waals surface area contributed by atoms with Crippen molar-refractivity contribution in [3.63, 3.8) is 0 Å². The maximum Gasteiger partial charge on any atom is 0.234 e. The molecule has 0 unspecified atom stereocenters. The third-order valence-corrected chi connectivity index (χ3v) is 4.33. The van der Waals surface area contributed by atoms with Gasteiger partial charge < -0.3 is 14.6 Å². The minimum atomic E-state index is -0.0631. The van der Waals surface area contributed by atoms with Crippen LogP contribution in [0.25, 0.3) is 0 Å². The summed E-state index contributed by atoms with van der Waals surface area (Å²) in [6.07, 6.45) is 1.93. The highest BCUT2D eigenvalue weighted by Crippen LogP contribution is 2.19. The third-order valence-electron chi connectivity index (χ3n) is 3.36. The summed E-state index contributed by atoms with van der Waals surface area (Å²) in [6.45, 7) is 7.55. The summed E-state index contributed by atoms with van der Waals surface area (Å²) >= 11 is 1.41. The van der Waals surface area contributed by atoms with Gasteiger partial charge in [-0.3, -0.25) is 4.79 Å². The molecule has 2 rings (SSSR count). The van der Waals surface area contributed by atoms with Crippen molar-refractivity contribution in [3.8, 4) is 5.75 Å². The number of nitrogens with one attached hydrogen (secondary N) is 1. The lowest BCUT2D eigenvalue weighted by Crippen LogP contribution is -2.14. The molecule has 0 atom stereocenters. The van der Waals surface area contributed by atoms with E-state index < -0.39 is 0 Å². The molecule has 0 saturated carbocycles. The van der Waals surface area contributed by atoms with Crippen LogP contribution >= 0.6 is 11.8 Å². The van der Waals surface area contributed by atoms with Crippen LogP contribution in [0.15, 0.2) is 29.4 Å². The summed E-state index contributed by atoms with van der Waals surface area (Å²) in [7, 11) is 0. The highest BCUT2D eigenvalue weighted by Gasteiger charge is 2.12. The molecule has 130 valence electrons. The Hall–Kier alpha value is -2.02. The number of carbonyl (C=O) groups is 1. The summed E-state index contributed by atoms with van der Waals surface area (Å²) in [5, 5.41) is 12.1. The second-order valence-corrected chi connectivity index (χ2v) is 6.13. The molecule has 24 heavy (non-hydrogen) atoms. The lowest BCUT2D eigenvalue weighted by Gasteiger charge is -2.08. The minimum absolute atomic E-state index is 0.0631. The van der Waals surface area contributed by atoms with Crippen LogP contribution in [0.5, 0.6) is 5.75 Å². The lowest BCUT2D eigenvalue weighted by atomic mass is 10.3. The standard InChI is InChI=1S/C17H24N4O2S/c1-4-7-15-19-20-17(21(15)5-2)24-12-16(22)18-13-8-10-14(11-9-13)23-6-3/h8-11H,4-7,12H2,1-3H3,(H,18,22). The number of carbonyl (C=O) groups excluding carboxylic acids is 1. The zero-order valence-corrected chi connectivity index (χ0v) is 15.2. The van der Waals surface area contributed by atoms with Gasteiger partial charge in [0.25, 0.3) is 0 Å². The SMILES string of the molecule is CCCc1nnc(SCC(=O)Nc2ccc(OCC)cc2)n1CC. The molecule has 0 aliphatic carbocycles. The van der Waals surface area contributed by atoms with Gasteiger partial charge in [-0.15, -0.1) is 10.2 Å². The number of nitrogens with zero attached hydrogens (tertiary/aromatic N) is 3. The first kappa shape index (κ1) is 18.3. The Labute approximate surface area is 147 Å². The number of hydrogen-bond acceptors (Lipinski definition) is 5. The van der Waals surface area contributed by atoms with Crippen LogP contribution in [0.3, 0.4) is 0 Å². The monoisotopic (exact) mass is 348 g/mol. The largest absolute Gasteiger partial charge is 0.494 e. The highest BCUT2D eigenvalue weighted by atomic mass is 32.2. The van der Waals surface area contributed by atoms with E-state index in [1.807, 2.05) is 31.2 Å². The summed E-state index contributed by atoms with van der Waals surface area (Å²) in [5.41, 5.74) is 0.757. The fourth-order valence-corrected chi connectivity index (χ4v) is 3.10. The molecule has 1 aromatic heterocycles. The van der Waals surface area contributed by atoms with Gasteiger partial charge in [0.1, 0.15) is 11.6 Å². The van der Waals surface area contributed by atoms with Crippen molar-refractivity contribution in [2.45, 2.75) is 45.3 Å². The van der Waals surface area contributed by atoms with E-state index in [9.17, 15) is 4.79 Å². The number of rotatable bonds is 9. The predicted octanol–water partition coefficient (Wildman–Crippen LogP) is 3.38. The Morgan fingerprint density at radius 2 is 1.96 bits per heavy atom. The fourth-order valence-electron chi connectivity index (χ4n) is 2.28. The molecule has 0 spiro atoms. The molecule has 0 aliphatic heterocycles. The van der Waals surface area contributed by atoms with Crippen LogP contribution in [0.4, 0.5) is 5.69 Å². The number of ether oxygens (including phenoxy) is 1. The number of aromatic nitrogens is 3. The Kier molecular flexibility index (Phi) is 7.11. The summed E-state index contributed by atoms with van der Waals surface area (Å²) in [4.78, 5) is 12.1. The molecule has 1 N–H and O–H groups in total. The molecule has 0 fully saturated rings. The molecule has 1 heterocycles. The van der Waals surface area contributed by atoms with Gasteiger partial charge in [0, 0.05) is 18.7 Å². The van der Waals surface area contributed by atoms with E-state index in [0.29, 0.717) is 12.4 Å². The van der Waals surface area contributed by atoms with Crippen molar-refractivity contribution in [2.24, 2.45) is 0 Å². The topological polar surface area (TPSA) is 69.0 Å². The van der Waals surface area contributed by atoms with E-state index in [-0.39, 0.29) is 5.91 Å². The quantitative estimate of drug-likeness (QED) is 0.704. The predicted molar refractivity (Wildman–Crippen MR) is 96.7 cm³/mol. The van der Waals surface area contributed by atoms with Gasteiger partial charge in [-0.2, -0.15) is 0 Å². The van der Waals surface area contributed by atoms with E-state index in [4.69, 9.17) is 4.74 Å². The summed E-state index contributed by atoms with van der Waals surface area (Å²) in [5.74, 6) is 2.02. The maximum absolute atomic E-state index is 12.1. The molecule has 0 aliphatic rings. The van der Waals surface area contributed by atoms with Crippen molar-refractivity contribution >= 4 is 23.4 Å². The Morgan fingerprint density at radius 1 is 1.21 bits per heavy atom. The number of hydrogen-bond donors (Lipinski definition) is 1. The van der Waals surface area contributed by atoms with Crippen molar-refractivity contribution in [2.75, 3.05) is 17.7 Å². The summed E-state index contributed by atoms with van der Waals surface area (Å²) in [6, 6.07) is 7.36. The van der Waals surface area contributed by atoms with Gasteiger partial charge in [0.05, 0.1) is 12.4 Å². The van der Waals surface area contributed by atoms with Crippen LogP contribution < -0.4 is 10.1 Å². The second-order valence-electron chi connectivity index (χ2n) is 5.19. The zero-order valence-electron chi connectivity index (χ0n) is 14.4. The summed E-state index contributed by atoms with van der Waals surface area (Å²) < 4.78 is 7.45. The van der Waals surface area contributed by atoms with Crippen LogP contribution in [0.2, 0.25) is 0 Å². The first-order valence-electron chi connectivity index (χ1n) is 8.25. The molecule has 7 heteroatoms. The molecule has 2 aromatic rings. The van der Waals surface area contributed by atoms with Crippen molar-refractivity contribution in [1.29, 1.82) is 0 Å². The highest BCUT2D eigenvalue weighted by molar-refractivity contribution is 7.99. The molecular weight excluding hydrogens is 324 g/mol. The van der Waals surface area contributed by atoms with Gasteiger partial charge in [0.15, 0.2) is 5.16 Å². The number of anilines is 1. The van der Waals surface area contributed by atoms with E-state index >= 15 is 0 Å². The minimum Gasteiger partial charge on any atom is -0.494 e.